The largest absolute Gasteiger partial charge is 0.497 e. The van der Waals surface area contributed by atoms with Crippen LogP contribution in [0.1, 0.15) is 20.3 Å². The molecule has 0 saturated carbocycles. The molecule has 0 bridgehead atoms. The highest BCUT2D eigenvalue weighted by Gasteiger charge is 2.27. The van der Waals surface area contributed by atoms with Gasteiger partial charge < -0.3 is 20.1 Å². The van der Waals surface area contributed by atoms with Crippen LogP contribution >= 0.6 is 0 Å². The first-order chi connectivity index (χ1) is 12.8. The zero-order chi connectivity index (χ0) is 20.4. The number of carbonyl (C=O) groups excluding carboxylic acids is 3. The quantitative estimate of drug-likeness (QED) is 0.594. The minimum atomic E-state index is -0.702. The molecule has 8 heteroatoms. The lowest BCUT2D eigenvalue weighted by atomic mass is 9.99. The van der Waals surface area contributed by atoms with E-state index in [9.17, 15) is 14.4 Å². The number of hydrogen-bond donors (Lipinski definition) is 2. The Bertz CT molecular complexity index is 650. The van der Waals surface area contributed by atoms with Crippen molar-refractivity contribution in [3.8, 4) is 5.75 Å². The molecule has 0 saturated heterocycles. The van der Waals surface area contributed by atoms with Crippen LogP contribution in [-0.4, -0.2) is 63.1 Å². The highest BCUT2D eigenvalue weighted by atomic mass is 16.5. The Kier molecular flexibility index (Phi) is 9.29. The normalized spacial score (nSPS) is 12.8. The highest BCUT2D eigenvalue weighted by Crippen LogP contribution is 2.16. The van der Waals surface area contributed by atoms with E-state index in [2.05, 4.69) is 10.6 Å². The van der Waals surface area contributed by atoms with Gasteiger partial charge in [-0.1, -0.05) is 26.3 Å². The van der Waals surface area contributed by atoms with E-state index in [0.717, 1.165) is 6.42 Å². The van der Waals surface area contributed by atoms with Crippen LogP contribution in [0.2, 0.25) is 0 Å². The topological polar surface area (TPSA) is 97.0 Å². The fraction of sp³-hybridized carbons (Fsp3) is 0.526. The molecule has 2 amide bonds. The Labute approximate surface area is 160 Å². The average Bonchev–Trinajstić information content (AvgIpc) is 2.64. The number of nitrogens with one attached hydrogen (secondary N) is 2. The second kappa shape index (κ2) is 11.2. The molecule has 2 N–H and O–H groups in total. The fourth-order valence-corrected chi connectivity index (χ4v) is 2.46. The summed E-state index contributed by atoms with van der Waals surface area (Å²) in [6.45, 7) is 3.81. The molecule has 2 atom stereocenters. The second-order valence-electron chi connectivity index (χ2n) is 6.41. The summed E-state index contributed by atoms with van der Waals surface area (Å²) in [6, 6.07) is 6.30. The zero-order valence-corrected chi connectivity index (χ0v) is 16.6. The number of anilines is 1. The van der Waals surface area contributed by atoms with Crippen molar-refractivity contribution in [2.45, 2.75) is 26.3 Å². The summed E-state index contributed by atoms with van der Waals surface area (Å²) >= 11 is 0. The second-order valence-corrected chi connectivity index (χ2v) is 6.41. The van der Waals surface area contributed by atoms with Crippen LogP contribution in [0, 0.1) is 5.92 Å². The zero-order valence-electron chi connectivity index (χ0n) is 16.6. The van der Waals surface area contributed by atoms with Crippen LogP contribution in [0.25, 0.3) is 0 Å². The number of likely N-dealkylation sites (N-methyl/N-ethyl adjacent to an activating group) is 1. The molecule has 0 aliphatic heterocycles. The summed E-state index contributed by atoms with van der Waals surface area (Å²) in [6.07, 6.45) is 0.721. The third kappa shape index (κ3) is 7.65. The number of hydrogen-bond acceptors (Lipinski definition) is 6. The van der Waals surface area contributed by atoms with Gasteiger partial charge in [-0.3, -0.25) is 14.5 Å². The number of ether oxygens (including phenoxy) is 2. The van der Waals surface area contributed by atoms with Gasteiger partial charge in [0, 0.05) is 11.8 Å². The third-order valence-corrected chi connectivity index (χ3v) is 4.17. The van der Waals surface area contributed by atoms with Crippen LogP contribution in [0.3, 0.4) is 0 Å². The van der Waals surface area contributed by atoms with E-state index in [1.54, 1.807) is 43.3 Å². The number of benzene rings is 1. The Morgan fingerprint density at radius 3 is 2.41 bits per heavy atom. The third-order valence-electron chi connectivity index (χ3n) is 4.17. The van der Waals surface area contributed by atoms with Crippen LogP contribution in [0.15, 0.2) is 24.3 Å². The molecule has 1 aromatic carbocycles. The maximum atomic E-state index is 12.2. The summed E-state index contributed by atoms with van der Waals surface area (Å²) in [5.74, 6) is -0.494. The van der Waals surface area contributed by atoms with Gasteiger partial charge in [0.05, 0.1) is 27.3 Å². The summed E-state index contributed by atoms with van der Waals surface area (Å²) in [5.41, 5.74) is 0.611. The Morgan fingerprint density at radius 2 is 1.81 bits per heavy atom. The molecule has 1 rings (SSSR count). The van der Waals surface area contributed by atoms with Gasteiger partial charge in [-0.25, -0.2) is 4.79 Å². The minimum Gasteiger partial charge on any atom is -0.497 e. The number of esters is 1. The predicted molar refractivity (Wildman–Crippen MR) is 103 cm³/mol. The number of methoxy groups -OCH3 is 2. The van der Waals surface area contributed by atoms with Crippen molar-refractivity contribution >= 4 is 23.5 Å². The SMILES string of the molecule is CC[C@H](C)[C@H](NC(=O)CN(C)CC(=O)Nc1cccc(OC)c1)C(=O)OC. The van der Waals surface area contributed by atoms with Gasteiger partial charge in [0.15, 0.2) is 0 Å². The molecule has 0 aromatic heterocycles. The monoisotopic (exact) mass is 379 g/mol. The standard InChI is InChI=1S/C19H29N3O5/c1-6-13(2)18(19(25)27-5)21-17(24)12-22(3)11-16(23)20-14-8-7-9-15(10-14)26-4/h7-10,13,18H,6,11-12H2,1-5H3,(H,20,23)(H,21,24)/t13-,18-/m0/s1. The summed E-state index contributed by atoms with van der Waals surface area (Å²) in [7, 11) is 4.49. The van der Waals surface area contributed by atoms with Crippen molar-refractivity contribution in [1.29, 1.82) is 0 Å². The number of carbonyl (C=O) groups is 3. The Morgan fingerprint density at radius 1 is 1.15 bits per heavy atom. The molecule has 1 aromatic rings. The van der Waals surface area contributed by atoms with E-state index >= 15 is 0 Å². The van der Waals surface area contributed by atoms with Crippen molar-refractivity contribution in [2.24, 2.45) is 5.92 Å². The van der Waals surface area contributed by atoms with E-state index < -0.39 is 12.0 Å². The minimum absolute atomic E-state index is 0.0184. The maximum Gasteiger partial charge on any atom is 0.328 e. The van der Waals surface area contributed by atoms with Gasteiger partial charge in [0.2, 0.25) is 11.8 Å². The van der Waals surface area contributed by atoms with Gasteiger partial charge >= 0.3 is 5.97 Å². The lowest BCUT2D eigenvalue weighted by Crippen LogP contribution is -2.49. The molecule has 27 heavy (non-hydrogen) atoms. The fourth-order valence-electron chi connectivity index (χ4n) is 2.46. The molecule has 0 aliphatic rings. The first kappa shape index (κ1) is 22.4. The van der Waals surface area contributed by atoms with Gasteiger partial charge in [-0.15, -0.1) is 0 Å². The molecular weight excluding hydrogens is 350 g/mol. The van der Waals surface area contributed by atoms with Gasteiger partial charge in [-0.2, -0.15) is 0 Å². The number of rotatable bonds is 10. The van der Waals surface area contributed by atoms with Crippen LogP contribution in [0.5, 0.6) is 5.75 Å². The van der Waals surface area contributed by atoms with Gasteiger partial charge in [0.1, 0.15) is 11.8 Å². The molecule has 150 valence electrons. The van der Waals surface area contributed by atoms with E-state index in [1.807, 2.05) is 13.8 Å². The predicted octanol–water partition coefficient (Wildman–Crippen LogP) is 1.27. The molecule has 8 nitrogen and oxygen atoms in total. The maximum absolute atomic E-state index is 12.2. The van der Waals surface area contributed by atoms with E-state index in [4.69, 9.17) is 9.47 Å². The van der Waals surface area contributed by atoms with Crippen molar-refractivity contribution in [2.75, 3.05) is 39.7 Å². The van der Waals surface area contributed by atoms with Crippen LogP contribution in [0.4, 0.5) is 5.69 Å². The van der Waals surface area contributed by atoms with Crippen LogP contribution < -0.4 is 15.4 Å². The van der Waals surface area contributed by atoms with E-state index in [-0.39, 0.29) is 30.8 Å². The van der Waals surface area contributed by atoms with Gasteiger partial charge in [-0.05, 0) is 25.1 Å². The molecule has 0 radical (unpaired) electrons. The molecule has 0 heterocycles. The summed E-state index contributed by atoms with van der Waals surface area (Å²) < 4.78 is 9.86. The molecular formula is C19H29N3O5. The van der Waals surface area contributed by atoms with Crippen molar-refractivity contribution in [3.63, 3.8) is 0 Å². The van der Waals surface area contributed by atoms with Crippen molar-refractivity contribution < 1.29 is 23.9 Å². The first-order valence-corrected chi connectivity index (χ1v) is 8.80. The van der Waals surface area contributed by atoms with Crippen LogP contribution in [-0.2, 0) is 19.1 Å². The van der Waals surface area contributed by atoms with Gasteiger partial charge in [0.25, 0.3) is 0 Å². The average molecular weight is 379 g/mol. The highest BCUT2D eigenvalue weighted by molar-refractivity contribution is 5.93. The lowest BCUT2D eigenvalue weighted by Gasteiger charge is -2.23. The Balaban J connectivity index is 2.54. The molecule has 0 spiro atoms. The Hall–Kier alpha value is -2.61. The van der Waals surface area contributed by atoms with Crippen molar-refractivity contribution in [3.05, 3.63) is 24.3 Å². The number of nitrogens with zero attached hydrogens (tertiary/aromatic N) is 1. The molecule has 0 fully saturated rings. The van der Waals surface area contributed by atoms with E-state index in [0.29, 0.717) is 11.4 Å². The summed E-state index contributed by atoms with van der Waals surface area (Å²) in [4.78, 5) is 37.8. The van der Waals surface area contributed by atoms with E-state index in [1.165, 1.54) is 7.11 Å². The summed E-state index contributed by atoms with van der Waals surface area (Å²) in [5, 5.41) is 5.43. The molecule has 0 aliphatic carbocycles. The van der Waals surface area contributed by atoms with Crippen molar-refractivity contribution in [1.82, 2.24) is 10.2 Å². The smallest absolute Gasteiger partial charge is 0.328 e. The molecule has 0 unspecified atom stereocenters. The number of amides is 2. The first-order valence-electron chi connectivity index (χ1n) is 8.80. The lowest BCUT2D eigenvalue weighted by molar-refractivity contribution is -0.146.